The monoisotopic (exact) mass is 435 g/mol. The summed E-state index contributed by atoms with van der Waals surface area (Å²) in [5.41, 5.74) is 0.224. The highest BCUT2D eigenvalue weighted by atomic mass is 35.5. The third-order valence-corrected chi connectivity index (χ3v) is 4.59. The lowest BCUT2D eigenvalue weighted by molar-refractivity contribution is 0.294. The molecule has 30 heavy (non-hydrogen) atoms. The maximum absolute atomic E-state index is 14.0. The van der Waals surface area contributed by atoms with Crippen LogP contribution in [0.25, 0.3) is 5.69 Å². The van der Waals surface area contributed by atoms with E-state index in [0.29, 0.717) is 30.7 Å². The van der Waals surface area contributed by atoms with Gasteiger partial charge in [0.1, 0.15) is 16.5 Å². The number of methoxy groups -OCH3 is 1. The fourth-order valence-corrected chi connectivity index (χ4v) is 2.93. The molecule has 1 heterocycles. The fourth-order valence-electron chi connectivity index (χ4n) is 2.73. The molecular formula is C21H20ClF2N3O3. The van der Waals surface area contributed by atoms with Gasteiger partial charge in [-0.3, -0.25) is 4.79 Å². The molecule has 0 atom stereocenters. The van der Waals surface area contributed by atoms with Crippen molar-refractivity contribution in [3.63, 3.8) is 0 Å². The van der Waals surface area contributed by atoms with Gasteiger partial charge in [0, 0.05) is 12.6 Å². The van der Waals surface area contributed by atoms with Crippen molar-refractivity contribution in [3.05, 3.63) is 75.2 Å². The predicted molar refractivity (Wildman–Crippen MR) is 111 cm³/mol. The van der Waals surface area contributed by atoms with Gasteiger partial charge in [-0.05, 0) is 36.2 Å². The minimum absolute atomic E-state index is 0.163. The molecule has 0 unspecified atom stereocenters. The summed E-state index contributed by atoms with van der Waals surface area (Å²) < 4.78 is 38.9. The zero-order valence-corrected chi connectivity index (χ0v) is 17.2. The van der Waals surface area contributed by atoms with Gasteiger partial charge in [0.2, 0.25) is 0 Å². The average molecular weight is 436 g/mol. The molecule has 0 aliphatic heterocycles. The lowest BCUT2D eigenvalue weighted by Gasteiger charge is -2.13. The average Bonchev–Trinajstić information content (AvgIpc) is 2.74. The van der Waals surface area contributed by atoms with E-state index in [1.807, 2.05) is 19.1 Å². The van der Waals surface area contributed by atoms with Gasteiger partial charge in [0.05, 0.1) is 25.6 Å². The first-order valence-corrected chi connectivity index (χ1v) is 9.59. The van der Waals surface area contributed by atoms with Crippen molar-refractivity contribution in [2.24, 2.45) is 0 Å². The SMILES string of the molecule is CCCOc1ccc(CNc2cnn(-c3ccc(F)cc3F)c(=O)c2Cl)cc1OC. The van der Waals surface area contributed by atoms with Crippen LogP contribution in [0.4, 0.5) is 14.5 Å². The summed E-state index contributed by atoms with van der Waals surface area (Å²) in [5.74, 6) is -0.435. The van der Waals surface area contributed by atoms with Crippen LogP contribution in [0, 0.1) is 11.6 Å². The molecule has 158 valence electrons. The van der Waals surface area contributed by atoms with Crippen molar-refractivity contribution in [1.82, 2.24) is 9.78 Å². The largest absolute Gasteiger partial charge is 0.493 e. The highest BCUT2D eigenvalue weighted by Crippen LogP contribution is 2.29. The Bertz CT molecular complexity index is 1110. The molecule has 0 fully saturated rings. The second kappa shape index (κ2) is 9.58. The minimum atomic E-state index is -0.918. The van der Waals surface area contributed by atoms with E-state index in [2.05, 4.69) is 10.4 Å². The summed E-state index contributed by atoms with van der Waals surface area (Å²) in [6.07, 6.45) is 2.19. The van der Waals surface area contributed by atoms with E-state index < -0.39 is 17.2 Å². The van der Waals surface area contributed by atoms with Crippen LogP contribution in [0.5, 0.6) is 11.5 Å². The molecule has 0 aliphatic carbocycles. The third kappa shape index (κ3) is 4.71. The van der Waals surface area contributed by atoms with Crippen molar-refractivity contribution in [1.29, 1.82) is 0 Å². The van der Waals surface area contributed by atoms with Crippen LogP contribution in [0.3, 0.4) is 0 Å². The molecule has 3 rings (SSSR count). The molecule has 0 saturated carbocycles. The first-order valence-electron chi connectivity index (χ1n) is 9.21. The Kier molecular flexibility index (Phi) is 6.89. The highest BCUT2D eigenvalue weighted by Gasteiger charge is 2.14. The number of aromatic nitrogens is 2. The van der Waals surface area contributed by atoms with E-state index in [1.165, 1.54) is 6.20 Å². The molecule has 1 N–H and O–H groups in total. The molecule has 6 nitrogen and oxygen atoms in total. The maximum atomic E-state index is 14.0. The molecule has 2 aromatic carbocycles. The Morgan fingerprint density at radius 1 is 1.17 bits per heavy atom. The van der Waals surface area contributed by atoms with Crippen molar-refractivity contribution in [2.75, 3.05) is 19.0 Å². The van der Waals surface area contributed by atoms with Crippen LogP contribution in [0.2, 0.25) is 5.02 Å². The Hall–Kier alpha value is -3.13. The van der Waals surface area contributed by atoms with Crippen molar-refractivity contribution in [2.45, 2.75) is 19.9 Å². The molecule has 0 saturated heterocycles. The fraction of sp³-hybridized carbons (Fsp3) is 0.238. The summed E-state index contributed by atoms with van der Waals surface area (Å²) in [6.45, 7) is 2.93. The van der Waals surface area contributed by atoms with Gasteiger partial charge >= 0.3 is 0 Å². The number of ether oxygens (including phenoxy) is 2. The van der Waals surface area contributed by atoms with Crippen LogP contribution < -0.4 is 20.3 Å². The summed E-state index contributed by atoms with van der Waals surface area (Å²) in [5, 5.41) is 6.81. The first kappa shape index (κ1) is 21.6. The molecule has 9 heteroatoms. The normalized spacial score (nSPS) is 10.7. The van der Waals surface area contributed by atoms with E-state index >= 15 is 0 Å². The van der Waals surface area contributed by atoms with E-state index in [0.717, 1.165) is 28.8 Å². The minimum Gasteiger partial charge on any atom is -0.493 e. The molecule has 0 bridgehead atoms. The smallest absolute Gasteiger partial charge is 0.292 e. The quantitative estimate of drug-likeness (QED) is 0.561. The molecule has 1 aromatic heterocycles. The second-order valence-corrected chi connectivity index (χ2v) is 6.75. The molecule has 0 aliphatic rings. The van der Waals surface area contributed by atoms with Crippen LogP contribution in [0.15, 0.2) is 47.4 Å². The van der Waals surface area contributed by atoms with E-state index in [4.69, 9.17) is 21.1 Å². The van der Waals surface area contributed by atoms with E-state index in [1.54, 1.807) is 13.2 Å². The molecule has 3 aromatic rings. The van der Waals surface area contributed by atoms with Crippen LogP contribution in [0.1, 0.15) is 18.9 Å². The maximum Gasteiger partial charge on any atom is 0.292 e. The Morgan fingerprint density at radius 2 is 1.97 bits per heavy atom. The van der Waals surface area contributed by atoms with E-state index in [-0.39, 0.29) is 16.4 Å². The Morgan fingerprint density at radius 3 is 2.67 bits per heavy atom. The van der Waals surface area contributed by atoms with Gasteiger partial charge in [-0.1, -0.05) is 24.6 Å². The predicted octanol–water partition coefficient (Wildman–Crippen LogP) is 4.57. The van der Waals surface area contributed by atoms with Crippen LogP contribution in [-0.4, -0.2) is 23.5 Å². The Balaban J connectivity index is 1.80. The number of nitrogens with one attached hydrogen (secondary N) is 1. The summed E-state index contributed by atoms with van der Waals surface area (Å²) in [4.78, 5) is 12.5. The van der Waals surface area contributed by atoms with Gasteiger partial charge in [-0.25, -0.2) is 8.78 Å². The van der Waals surface area contributed by atoms with Gasteiger partial charge in [-0.2, -0.15) is 9.78 Å². The Labute approximate surface area is 177 Å². The number of rotatable bonds is 8. The molecule has 0 radical (unpaired) electrons. The standard InChI is InChI=1S/C21H20ClF2N3O3/c1-3-8-30-18-7-4-13(9-19(18)29-2)11-25-16-12-26-27(21(28)20(16)22)17-6-5-14(23)10-15(17)24/h4-7,9-10,12,25H,3,8,11H2,1-2H3. The molecule has 0 amide bonds. The summed E-state index contributed by atoms with van der Waals surface area (Å²) in [7, 11) is 1.56. The number of hydrogen-bond donors (Lipinski definition) is 1. The number of benzene rings is 2. The third-order valence-electron chi connectivity index (χ3n) is 4.23. The first-order chi connectivity index (χ1) is 14.4. The number of nitrogens with zero attached hydrogens (tertiary/aromatic N) is 2. The summed E-state index contributed by atoms with van der Waals surface area (Å²) in [6, 6.07) is 8.31. The van der Waals surface area contributed by atoms with Gasteiger partial charge in [0.25, 0.3) is 5.56 Å². The number of halogens is 3. The number of anilines is 1. The van der Waals surface area contributed by atoms with Crippen molar-refractivity contribution < 1.29 is 18.3 Å². The van der Waals surface area contributed by atoms with Crippen molar-refractivity contribution in [3.8, 4) is 17.2 Å². The van der Waals surface area contributed by atoms with Gasteiger partial charge < -0.3 is 14.8 Å². The summed E-state index contributed by atoms with van der Waals surface area (Å²) >= 11 is 6.16. The lowest BCUT2D eigenvalue weighted by Crippen LogP contribution is -2.23. The molecular weight excluding hydrogens is 416 g/mol. The van der Waals surface area contributed by atoms with Gasteiger partial charge in [-0.15, -0.1) is 0 Å². The zero-order valence-electron chi connectivity index (χ0n) is 16.4. The van der Waals surface area contributed by atoms with Gasteiger partial charge in [0.15, 0.2) is 17.3 Å². The second-order valence-electron chi connectivity index (χ2n) is 6.37. The number of hydrogen-bond acceptors (Lipinski definition) is 5. The lowest BCUT2D eigenvalue weighted by atomic mass is 10.2. The zero-order chi connectivity index (χ0) is 21.7. The van der Waals surface area contributed by atoms with Crippen molar-refractivity contribution >= 4 is 17.3 Å². The van der Waals surface area contributed by atoms with E-state index in [9.17, 15) is 13.6 Å². The molecule has 0 spiro atoms. The highest BCUT2D eigenvalue weighted by molar-refractivity contribution is 6.32. The van der Waals surface area contributed by atoms with Crippen LogP contribution in [-0.2, 0) is 6.54 Å². The van der Waals surface area contributed by atoms with Crippen LogP contribution >= 0.6 is 11.6 Å². The topological polar surface area (TPSA) is 65.4 Å².